The topological polar surface area (TPSA) is 54.0 Å². The molecule has 18 heavy (non-hydrogen) atoms. The van der Waals surface area contributed by atoms with E-state index in [1.165, 1.54) is 6.42 Å². The van der Waals surface area contributed by atoms with Gasteiger partial charge in [0.15, 0.2) is 0 Å². The van der Waals surface area contributed by atoms with Crippen molar-refractivity contribution >= 4 is 5.91 Å². The molecule has 1 aromatic rings. The van der Waals surface area contributed by atoms with Crippen LogP contribution in [0.5, 0.6) is 0 Å². The normalized spacial score (nSPS) is 31.3. The summed E-state index contributed by atoms with van der Waals surface area (Å²) < 4.78 is 0. The molecule has 3 rings (SSSR count). The van der Waals surface area contributed by atoms with Crippen molar-refractivity contribution in [2.45, 2.75) is 44.3 Å². The number of nitrogens with zero attached hydrogens (tertiary/aromatic N) is 1. The van der Waals surface area contributed by atoms with Crippen LogP contribution in [0.25, 0.3) is 0 Å². The van der Waals surface area contributed by atoms with E-state index in [4.69, 9.17) is 0 Å². The summed E-state index contributed by atoms with van der Waals surface area (Å²) in [6.45, 7) is 2.01. The van der Waals surface area contributed by atoms with Gasteiger partial charge in [0.1, 0.15) is 0 Å². The van der Waals surface area contributed by atoms with Gasteiger partial charge in [0.2, 0.25) is 5.91 Å². The minimum absolute atomic E-state index is 0.0327. The molecule has 2 saturated heterocycles. The number of carbonyl (C=O) groups excluding carboxylic acids is 1. The number of pyridine rings is 1. The van der Waals surface area contributed by atoms with E-state index >= 15 is 0 Å². The Hall–Kier alpha value is -1.42. The molecular formula is C14H19N3O. The quantitative estimate of drug-likeness (QED) is 0.846. The van der Waals surface area contributed by atoms with E-state index in [0.29, 0.717) is 12.1 Å². The van der Waals surface area contributed by atoms with Gasteiger partial charge in [0.05, 0.1) is 12.0 Å². The van der Waals surface area contributed by atoms with Crippen LogP contribution < -0.4 is 10.6 Å². The molecule has 0 radical (unpaired) electrons. The van der Waals surface area contributed by atoms with Gasteiger partial charge in [0.25, 0.3) is 0 Å². The van der Waals surface area contributed by atoms with Crippen LogP contribution in [0, 0.1) is 5.92 Å². The number of amides is 1. The number of nitrogens with one attached hydrogen (secondary N) is 2. The molecule has 4 atom stereocenters. The SMILES string of the molecule is C[C@H](NC(=O)C1CC2CCC1N2)c1cccnc1. The highest BCUT2D eigenvalue weighted by Crippen LogP contribution is 2.33. The first-order valence-electron chi connectivity index (χ1n) is 6.70. The van der Waals surface area contributed by atoms with Crippen molar-refractivity contribution in [1.29, 1.82) is 0 Å². The Bertz CT molecular complexity index is 434. The summed E-state index contributed by atoms with van der Waals surface area (Å²) in [4.78, 5) is 16.3. The van der Waals surface area contributed by atoms with Gasteiger partial charge in [-0.3, -0.25) is 9.78 Å². The van der Waals surface area contributed by atoms with E-state index in [1.54, 1.807) is 6.20 Å². The fourth-order valence-corrected chi connectivity index (χ4v) is 3.15. The Morgan fingerprint density at radius 1 is 1.56 bits per heavy atom. The summed E-state index contributed by atoms with van der Waals surface area (Å²) in [7, 11) is 0. The average Bonchev–Trinajstić information content (AvgIpc) is 3.02. The van der Waals surface area contributed by atoms with Gasteiger partial charge in [-0.25, -0.2) is 0 Å². The lowest BCUT2D eigenvalue weighted by Gasteiger charge is -2.22. The Kier molecular flexibility index (Phi) is 3.04. The Balaban J connectivity index is 1.61. The number of carbonyl (C=O) groups is 1. The monoisotopic (exact) mass is 245 g/mol. The minimum Gasteiger partial charge on any atom is -0.349 e. The van der Waals surface area contributed by atoms with Gasteiger partial charge >= 0.3 is 0 Å². The summed E-state index contributed by atoms with van der Waals surface area (Å²) in [6, 6.07) is 4.90. The molecule has 1 aromatic heterocycles. The first kappa shape index (κ1) is 11.7. The Morgan fingerprint density at radius 2 is 2.44 bits per heavy atom. The van der Waals surface area contributed by atoms with Crippen molar-refractivity contribution in [3.05, 3.63) is 30.1 Å². The van der Waals surface area contributed by atoms with Gasteiger partial charge in [0, 0.05) is 24.5 Å². The van der Waals surface area contributed by atoms with E-state index in [9.17, 15) is 4.79 Å². The van der Waals surface area contributed by atoms with Crippen LogP contribution in [-0.2, 0) is 4.79 Å². The van der Waals surface area contributed by atoms with Gasteiger partial charge in [-0.2, -0.15) is 0 Å². The van der Waals surface area contributed by atoms with Crippen LogP contribution in [0.3, 0.4) is 0 Å². The predicted molar refractivity (Wildman–Crippen MR) is 68.8 cm³/mol. The molecule has 0 aliphatic carbocycles. The fraction of sp³-hybridized carbons (Fsp3) is 0.571. The lowest BCUT2D eigenvalue weighted by atomic mass is 9.88. The largest absolute Gasteiger partial charge is 0.349 e. The second-order valence-corrected chi connectivity index (χ2v) is 5.41. The summed E-state index contributed by atoms with van der Waals surface area (Å²) in [5.41, 5.74) is 1.06. The van der Waals surface area contributed by atoms with Crippen LogP contribution in [0.15, 0.2) is 24.5 Å². The number of hydrogen-bond acceptors (Lipinski definition) is 3. The molecule has 2 fully saturated rings. The van der Waals surface area contributed by atoms with Crippen molar-refractivity contribution < 1.29 is 4.79 Å². The van der Waals surface area contributed by atoms with E-state index in [1.807, 2.05) is 25.3 Å². The molecule has 4 nitrogen and oxygen atoms in total. The van der Waals surface area contributed by atoms with Crippen molar-refractivity contribution in [2.24, 2.45) is 5.92 Å². The van der Waals surface area contributed by atoms with Gasteiger partial charge in [-0.1, -0.05) is 6.07 Å². The van der Waals surface area contributed by atoms with E-state index < -0.39 is 0 Å². The second kappa shape index (κ2) is 4.69. The third-order valence-electron chi connectivity index (χ3n) is 4.18. The lowest BCUT2D eigenvalue weighted by Crippen LogP contribution is -2.38. The average molecular weight is 245 g/mol. The molecule has 4 heteroatoms. The van der Waals surface area contributed by atoms with E-state index in [0.717, 1.165) is 18.4 Å². The molecular weight excluding hydrogens is 226 g/mol. The molecule has 3 heterocycles. The number of hydrogen-bond donors (Lipinski definition) is 2. The molecule has 0 saturated carbocycles. The second-order valence-electron chi connectivity index (χ2n) is 5.41. The highest BCUT2D eigenvalue weighted by atomic mass is 16.2. The van der Waals surface area contributed by atoms with E-state index in [-0.39, 0.29) is 17.9 Å². The van der Waals surface area contributed by atoms with Crippen molar-refractivity contribution in [3.8, 4) is 0 Å². The van der Waals surface area contributed by atoms with Crippen LogP contribution in [0.1, 0.15) is 37.8 Å². The van der Waals surface area contributed by atoms with Gasteiger partial charge in [-0.05, 0) is 37.8 Å². The number of rotatable bonds is 3. The maximum absolute atomic E-state index is 12.2. The summed E-state index contributed by atoms with van der Waals surface area (Å²) in [6.07, 6.45) is 6.93. The van der Waals surface area contributed by atoms with Crippen LogP contribution in [-0.4, -0.2) is 23.0 Å². The van der Waals surface area contributed by atoms with Crippen LogP contribution >= 0.6 is 0 Å². The highest BCUT2D eigenvalue weighted by Gasteiger charge is 2.42. The van der Waals surface area contributed by atoms with Crippen molar-refractivity contribution in [2.75, 3.05) is 0 Å². The number of aromatic nitrogens is 1. The molecule has 2 N–H and O–H groups in total. The zero-order chi connectivity index (χ0) is 12.5. The number of fused-ring (bicyclic) bond motifs is 2. The van der Waals surface area contributed by atoms with Gasteiger partial charge < -0.3 is 10.6 Å². The summed E-state index contributed by atoms with van der Waals surface area (Å²) in [5.74, 6) is 0.342. The molecule has 2 aliphatic heterocycles. The highest BCUT2D eigenvalue weighted by molar-refractivity contribution is 5.80. The molecule has 3 unspecified atom stereocenters. The lowest BCUT2D eigenvalue weighted by molar-refractivity contribution is -0.126. The first-order chi connectivity index (χ1) is 8.74. The van der Waals surface area contributed by atoms with E-state index in [2.05, 4.69) is 15.6 Å². The summed E-state index contributed by atoms with van der Waals surface area (Å²) >= 11 is 0. The fourth-order valence-electron chi connectivity index (χ4n) is 3.15. The zero-order valence-corrected chi connectivity index (χ0v) is 10.6. The molecule has 2 bridgehead atoms. The Morgan fingerprint density at radius 3 is 3.06 bits per heavy atom. The molecule has 0 spiro atoms. The molecule has 1 amide bonds. The van der Waals surface area contributed by atoms with Crippen molar-refractivity contribution in [3.63, 3.8) is 0 Å². The first-order valence-corrected chi connectivity index (χ1v) is 6.70. The third kappa shape index (κ3) is 2.12. The van der Waals surface area contributed by atoms with Crippen LogP contribution in [0.4, 0.5) is 0 Å². The zero-order valence-electron chi connectivity index (χ0n) is 10.6. The Labute approximate surface area is 107 Å². The molecule has 96 valence electrons. The van der Waals surface area contributed by atoms with Crippen LogP contribution in [0.2, 0.25) is 0 Å². The molecule has 0 aromatic carbocycles. The standard InChI is InChI=1S/C14H19N3O/c1-9(10-3-2-6-15-8-10)16-14(18)12-7-11-4-5-13(12)17-11/h2-3,6,8-9,11-13,17H,4-5,7H2,1H3,(H,16,18)/t9-,11?,12?,13?/m0/s1. The third-order valence-corrected chi connectivity index (χ3v) is 4.18. The maximum Gasteiger partial charge on any atom is 0.225 e. The van der Waals surface area contributed by atoms with Gasteiger partial charge in [-0.15, -0.1) is 0 Å². The summed E-state index contributed by atoms with van der Waals surface area (Å²) in [5, 5.41) is 6.60. The molecule has 2 aliphatic rings. The predicted octanol–water partition coefficient (Wildman–Crippen LogP) is 1.40. The van der Waals surface area contributed by atoms with Crippen molar-refractivity contribution in [1.82, 2.24) is 15.6 Å². The maximum atomic E-state index is 12.2. The minimum atomic E-state index is 0.0327. The smallest absolute Gasteiger partial charge is 0.225 e.